The molecule has 9 nitrogen and oxygen atoms in total. The van der Waals surface area contributed by atoms with Crippen LogP contribution in [-0.2, 0) is 16.4 Å². The maximum absolute atomic E-state index is 12.9. The molecule has 3 heterocycles. The van der Waals surface area contributed by atoms with Gasteiger partial charge in [0.25, 0.3) is 0 Å². The maximum atomic E-state index is 12.9. The molecule has 2 aromatic carbocycles. The first kappa shape index (κ1) is 23.1. The molecule has 34 heavy (non-hydrogen) atoms. The van der Waals surface area contributed by atoms with Crippen LogP contribution in [0.3, 0.4) is 0 Å². The summed E-state index contributed by atoms with van der Waals surface area (Å²) in [6, 6.07) is 12.3. The number of sulfonamides is 1. The van der Waals surface area contributed by atoms with Crippen LogP contribution >= 0.6 is 0 Å². The number of nitrogens with zero attached hydrogens (tertiary/aromatic N) is 3. The van der Waals surface area contributed by atoms with Gasteiger partial charge in [0.2, 0.25) is 15.8 Å². The zero-order valence-electron chi connectivity index (χ0n) is 19.1. The predicted molar refractivity (Wildman–Crippen MR) is 131 cm³/mol. The fraction of sp³-hybridized carbons (Fsp3) is 0.458. The lowest BCUT2D eigenvalue weighted by atomic mass is 9.87. The zero-order valence-corrected chi connectivity index (χ0v) is 19.9. The van der Waals surface area contributed by atoms with E-state index in [1.807, 2.05) is 12.1 Å². The van der Waals surface area contributed by atoms with Crippen molar-refractivity contribution in [2.24, 2.45) is 11.1 Å². The van der Waals surface area contributed by atoms with Crippen LogP contribution in [0.4, 0.5) is 0 Å². The maximum Gasteiger partial charge on any atom is 0.239 e. The zero-order chi connectivity index (χ0) is 23.5. The minimum atomic E-state index is -4.04. The standard InChI is InChI=1S/C24H31N7O2S/c25-34(32,33)23-20(15-16-7-11-26-12-8-16)5-6-21(22(23)24-28-30-31-29-24)19-3-1-17(2-4-19)18-9-13-27-14-10-18/h1-6,16,18,26-27H,7-15H2,(H2,25,32,33)(H,28,29,30,31). The van der Waals surface area contributed by atoms with Gasteiger partial charge in [0.05, 0.1) is 10.5 Å². The van der Waals surface area contributed by atoms with E-state index < -0.39 is 10.0 Å². The smallest absolute Gasteiger partial charge is 0.239 e. The molecule has 10 heteroatoms. The highest BCUT2D eigenvalue weighted by atomic mass is 32.2. The highest BCUT2D eigenvalue weighted by molar-refractivity contribution is 7.89. The van der Waals surface area contributed by atoms with Gasteiger partial charge in [-0.3, -0.25) is 0 Å². The molecule has 2 saturated heterocycles. The number of hydrogen-bond donors (Lipinski definition) is 4. The first-order valence-electron chi connectivity index (χ1n) is 11.9. The monoisotopic (exact) mass is 481 g/mol. The molecule has 0 spiro atoms. The molecular weight excluding hydrogens is 450 g/mol. The molecule has 0 bridgehead atoms. The van der Waals surface area contributed by atoms with E-state index in [1.165, 1.54) is 5.56 Å². The number of hydrogen-bond acceptors (Lipinski definition) is 7. The summed E-state index contributed by atoms with van der Waals surface area (Å²) in [6.45, 7) is 3.94. The summed E-state index contributed by atoms with van der Waals surface area (Å²) in [5, 5.41) is 27.0. The number of H-pyrrole nitrogens is 1. The predicted octanol–water partition coefficient (Wildman–Crippen LogP) is 2.19. The van der Waals surface area contributed by atoms with Gasteiger partial charge >= 0.3 is 0 Å². The number of tetrazole rings is 1. The van der Waals surface area contributed by atoms with E-state index in [0.717, 1.165) is 63.0 Å². The second-order valence-electron chi connectivity index (χ2n) is 9.30. The molecule has 0 unspecified atom stereocenters. The molecule has 5 rings (SSSR count). The Labute approximate surface area is 200 Å². The van der Waals surface area contributed by atoms with Crippen molar-refractivity contribution >= 4 is 10.0 Å². The van der Waals surface area contributed by atoms with Gasteiger partial charge in [0.15, 0.2) is 0 Å². The number of rotatable bonds is 6. The number of primary sulfonamides is 1. The van der Waals surface area contributed by atoms with Crippen molar-refractivity contribution < 1.29 is 8.42 Å². The molecular formula is C24H31N7O2S. The number of nitrogens with two attached hydrogens (primary N) is 1. The summed E-state index contributed by atoms with van der Waals surface area (Å²) in [6.07, 6.45) is 4.89. The molecule has 0 amide bonds. The molecule has 3 aromatic rings. The fourth-order valence-electron chi connectivity index (χ4n) is 5.33. The number of aromatic nitrogens is 4. The van der Waals surface area contributed by atoms with E-state index in [0.29, 0.717) is 29.4 Å². The van der Waals surface area contributed by atoms with Gasteiger partial charge in [-0.15, -0.1) is 10.2 Å². The average molecular weight is 482 g/mol. The summed E-state index contributed by atoms with van der Waals surface area (Å²) in [4.78, 5) is 0.104. The quantitative estimate of drug-likeness (QED) is 0.423. The van der Waals surface area contributed by atoms with Crippen LogP contribution in [0.2, 0.25) is 0 Å². The number of piperidine rings is 2. The van der Waals surface area contributed by atoms with Crippen LogP contribution in [0, 0.1) is 5.92 Å². The summed E-state index contributed by atoms with van der Waals surface area (Å²) >= 11 is 0. The largest absolute Gasteiger partial charge is 0.317 e. The Morgan fingerprint density at radius 2 is 1.59 bits per heavy atom. The van der Waals surface area contributed by atoms with Crippen molar-refractivity contribution in [3.63, 3.8) is 0 Å². The van der Waals surface area contributed by atoms with Crippen LogP contribution in [0.1, 0.15) is 42.7 Å². The first-order valence-corrected chi connectivity index (χ1v) is 13.5. The number of benzene rings is 2. The third-order valence-corrected chi connectivity index (χ3v) is 8.13. The molecule has 2 aliphatic heterocycles. The third-order valence-electron chi connectivity index (χ3n) is 7.09. The fourth-order valence-corrected chi connectivity index (χ4v) is 6.33. The van der Waals surface area contributed by atoms with Crippen LogP contribution in [0.25, 0.3) is 22.5 Å². The Morgan fingerprint density at radius 1 is 0.912 bits per heavy atom. The van der Waals surface area contributed by atoms with Crippen molar-refractivity contribution in [1.29, 1.82) is 0 Å². The molecule has 1 aromatic heterocycles. The lowest BCUT2D eigenvalue weighted by molar-refractivity contribution is 0.371. The molecule has 5 N–H and O–H groups in total. The van der Waals surface area contributed by atoms with Crippen LogP contribution < -0.4 is 15.8 Å². The Bertz CT molecular complexity index is 1210. The van der Waals surface area contributed by atoms with Gasteiger partial charge in [0, 0.05) is 0 Å². The lowest BCUT2D eigenvalue weighted by Crippen LogP contribution is -2.29. The molecule has 0 aliphatic carbocycles. The van der Waals surface area contributed by atoms with E-state index in [2.05, 4.69) is 55.5 Å². The molecule has 0 atom stereocenters. The lowest BCUT2D eigenvalue weighted by Gasteiger charge is -2.25. The van der Waals surface area contributed by atoms with E-state index in [1.54, 1.807) is 0 Å². The summed E-state index contributed by atoms with van der Waals surface area (Å²) < 4.78 is 25.9. The molecule has 0 saturated carbocycles. The molecule has 180 valence electrons. The average Bonchev–Trinajstić information content (AvgIpc) is 3.39. The summed E-state index contributed by atoms with van der Waals surface area (Å²) in [7, 11) is -4.04. The summed E-state index contributed by atoms with van der Waals surface area (Å²) in [5.41, 5.74) is 4.06. The highest BCUT2D eigenvalue weighted by Crippen LogP contribution is 2.39. The van der Waals surface area contributed by atoms with Crippen molar-refractivity contribution in [1.82, 2.24) is 31.3 Å². The Balaban J connectivity index is 1.59. The second kappa shape index (κ2) is 9.91. The van der Waals surface area contributed by atoms with E-state index in [-0.39, 0.29) is 10.7 Å². The van der Waals surface area contributed by atoms with Crippen molar-refractivity contribution in [3.8, 4) is 22.5 Å². The van der Waals surface area contributed by atoms with Gasteiger partial charge in [-0.25, -0.2) is 13.6 Å². The molecule has 2 fully saturated rings. The van der Waals surface area contributed by atoms with E-state index in [4.69, 9.17) is 5.14 Å². The van der Waals surface area contributed by atoms with Crippen LogP contribution in [0.5, 0.6) is 0 Å². The van der Waals surface area contributed by atoms with Crippen molar-refractivity contribution in [2.45, 2.75) is 42.9 Å². The van der Waals surface area contributed by atoms with Gasteiger partial charge in [-0.05, 0) is 97.6 Å². The van der Waals surface area contributed by atoms with Crippen LogP contribution in [-0.4, -0.2) is 55.2 Å². The minimum absolute atomic E-state index is 0.104. The molecule has 2 aliphatic rings. The number of nitrogens with one attached hydrogen (secondary N) is 3. The SMILES string of the molecule is NS(=O)(=O)c1c(CC2CCNCC2)ccc(-c2ccc(C3CCNCC3)cc2)c1-c1nn[nH]n1. The van der Waals surface area contributed by atoms with Crippen molar-refractivity contribution in [3.05, 3.63) is 47.5 Å². The Hall–Kier alpha value is -2.66. The topological polar surface area (TPSA) is 139 Å². The highest BCUT2D eigenvalue weighted by Gasteiger charge is 2.28. The normalized spacial score (nSPS) is 18.3. The first-order chi connectivity index (χ1) is 16.5. The van der Waals surface area contributed by atoms with Gasteiger partial charge in [-0.2, -0.15) is 5.21 Å². The summed E-state index contributed by atoms with van der Waals surface area (Å²) in [5.74, 6) is 1.17. The van der Waals surface area contributed by atoms with Crippen molar-refractivity contribution in [2.75, 3.05) is 26.2 Å². The second-order valence-corrected chi connectivity index (χ2v) is 10.8. The molecule has 0 radical (unpaired) electrons. The Morgan fingerprint density at radius 3 is 2.21 bits per heavy atom. The van der Waals surface area contributed by atoms with Crippen LogP contribution in [0.15, 0.2) is 41.3 Å². The minimum Gasteiger partial charge on any atom is -0.317 e. The van der Waals surface area contributed by atoms with Gasteiger partial charge in [-0.1, -0.05) is 36.4 Å². The van der Waals surface area contributed by atoms with E-state index >= 15 is 0 Å². The third kappa shape index (κ3) is 4.90. The van der Waals surface area contributed by atoms with Gasteiger partial charge < -0.3 is 10.6 Å². The van der Waals surface area contributed by atoms with E-state index in [9.17, 15) is 8.42 Å². The Kier molecular flexibility index (Phi) is 6.73. The number of aromatic amines is 1. The van der Waals surface area contributed by atoms with Gasteiger partial charge in [0.1, 0.15) is 0 Å².